The van der Waals surface area contributed by atoms with Crippen LogP contribution in [0.15, 0.2) is 24.3 Å². The number of piperazine rings is 1. The van der Waals surface area contributed by atoms with Crippen LogP contribution in [0.3, 0.4) is 0 Å². The fourth-order valence-electron chi connectivity index (χ4n) is 3.85. The summed E-state index contributed by atoms with van der Waals surface area (Å²) in [7, 11) is 2.13. The van der Waals surface area contributed by atoms with Gasteiger partial charge in [0.05, 0.1) is 12.3 Å². The largest absolute Gasteiger partial charge is 0.448 e. The molecule has 0 spiro atoms. The van der Waals surface area contributed by atoms with Crippen molar-refractivity contribution in [2.45, 2.75) is 19.9 Å². The number of carbonyl (C=O) groups excluding carboxylic acids is 2. The lowest BCUT2D eigenvalue weighted by Crippen LogP contribution is -2.44. The molecule has 1 aromatic carbocycles. The van der Waals surface area contributed by atoms with E-state index in [0.717, 1.165) is 49.7 Å². The number of nitrogens with one attached hydrogen (secondary N) is 2. The number of nitrogens with zero attached hydrogens (tertiary/aromatic N) is 4. The molecule has 1 saturated heterocycles. The molecule has 3 heterocycles. The van der Waals surface area contributed by atoms with E-state index in [1.165, 1.54) is 4.68 Å². The average Bonchev–Trinajstić information content (AvgIpc) is 3.13. The Hall–Kier alpha value is -2.91. The van der Waals surface area contributed by atoms with Crippen molar-refractivity contribution in [3.05, 3.63) is 41.1 Å². The number of ether oxygens (including phenoxy) is 1. The average molecular weight is 412 g/mol. The number of carbonyl (C=O) groups is 2. The van der Waals surface area contributed by atoms with Crippen LogP contribution >= 0.6 is 0 Å². The van der Waals surface area contributed by atoms with Crippen molar-refractivity contribution in [2.24, 2.45) is 0 Å². The Morgan fingerprint density at radius 3 is 2.60 bits per heavy atom. The molecule has 30 heavy (non-hydrogen) atoms. The molecular weight excluding hydrogens is 384 g/mol. The quantitative estimate of drug-likeness (QED) is 0.787. The van der Waals surface area contributed by atoms with E-state index in [4.69, 9.17) is 4.74 Å². The normalized spacial score (nSPS) is 16.8. The molecule has 160 valence electrons. The fourth-order valence-corrected chi connectivity index (χ4v) is 3.85. The third-order valence-electron chi connectivity index (χ3n) is 5.60. The molecule has 4 rings (SSSR count). The number of rotatable bonds is 4. The zero-order valence-electron chi connectivity index (χ0n) is 17.5. The molecule has 1 amide bonds. The van der Waals surface area contributed by atoms with Crippen LogP contribution < -0.4 is 15.5 Å². The lowest BCUT2D eigenvalue weighted by atomic mass is 10.1. The summed E-state index contributed by atoms with van der Waals surface area (Å²) in [6.07, 6.45) is 0.129. The summed E-state index contributed by atoms with van der Waals surface area (Å²) < 4.78 is 6.36. The van der Waals surface area contributed by atoms with Crippen molar-refractivity contribution in [1.82, 2.24) is 20.0 Å². The molecule has 0 unspecified atom stereocenters. The molecule has 1 fully saturated rings. The number of likely N-dealkylation sites (N-methyl/N-ethyl adjacent to an activating group) is 1. The van der Waals surface area contributed by atoms with E-state index in [1.807, 2.05) is 24.3 Å². The first kappa shape index (κ1) is 20.4. The van der Waals surface area contributed by atoms with Crippen molar-refractivity contribution < 1.29 is 14.3 Å². The van der Waals surface area contributed by atoms with Gasteiger partial charge in [0.15, 0.2) is 5.82 Å². The van der Waals surface area contributed by atoms with Gasteiger partial charge in [-0.2, -0.15) is 4.68 Å². The van der Waals surface area contributed by atoms with E-state index < -0.39 is 6.09 Å². The van der Waals surface area contributed by atoms with Crippen LogP contribution in [0.1, 0.15) is 28.5 Å². The predicted molar refractivity (Wildman–Crippen MR) is 114 cm³/mol. The van der Waals surface area contributed by atoms with E-state index in [2.05, 4.69) is 32.6 Å². The van der Waals surface area contributed by atoms with Crippen LogP contribution in [0.25, 0.3) is 0 Å². The van der Waals surface area contributed by atoms with E-state index in [0.29, 0.717) is 24.3 Å². The van der Waals surface area contributed by atoms with Crippen LogP contribution in [0.5, 0.6) is 0 Å². The van der Waals surface area contributed by atoms with Gasteiger partial charge in [-0.05, 0) is 38.2 Å². The summed E-state index contributed by atoms with van der Waals surface area (Å²) in [4.78, 5) is 29.7. The highest BCUT2D eigenvalue weighted by atomic mass is 16.6. The minimum atomic E-state index is -0.521. The maximum Gasteiger partial charge on any atom is 0.434 e. The first-order chi connectivity index (χ1) is 14.6. The second-order valence-corrected chi connectivity index (χ2v) is 7.60. The highest BCUT2D eigenvalue weighted by Crippen LogP contribution is 2.24. The number of fused-ring (bicyclic) bond motifs is 1. The number of hydrogen-bond acceptors (Lipinski definition) is 7. The Morgan fingerprint density at radius 1 is 1.17 bits per heavy atom. The monoisotopic (exact) mass is 412 g/mol. The maximum absolute atomic E-state index is 12.8. The highest BCUT2D eigenvalue weighted by molar-refractivity contribution is 6.04. The van der Waals surface area contributed by atoms with Gasteiger partial charge in [-0.3, -0.25) is 4.79 Å². The molecule has 0 radical (unpaired) electrons. The maximum atomic E-state index is 12.8. The van der Waals surface area contributed by atoms with Crippen molar-refractivity contribution in [3.8, 4) is 0 Å². The molecule has 0 atom stereocenters. The standard InChI is InChI=1S/C21H28N6O3/c1-3-30-21(29)27-18-8-9-22-14-17(18)19(24-27)23-20(28)15-4-6-16(7-5-15)26-12-10-25(2)11-13-26/h4-7,22H,3,8-14H2,1-2H3,(H,23,24,28). The summed E-state index contributed by atoms with van der Waals surface area (Å²) in [5.41, 5.74) is 3.29. The SMILES string of the molecule is CCOC(=O)n1nc(NC(=O)c2ccc(N3CCN(C)CC3)cc2)c2c1CCNC2. The number of hydrogen-bond donors (Lipinski definition) is 2. The molecule has 2 aromatic rings. The van der Waals surface area contributed by atoms with Gasteiger partial charge in [-0.1, -0.05) is 0 Å². The lowest BCUT2D eigenvalue weighted by molar-refractivity contribution is 0.102. The Kier molecular flexibility index (Phi) is 6.01. The molecule has 0 saturated carbocycles. The summed E-state index contributed by atoms with van der Waals surface area (Å²) in [6, 6.07) is 7.62. The third kappa shape index (κ3) is 4.17. The first-order valence-electron chi connectivity index (χ1n) is 10.4. The van der Waals surface area contributed by atoms with Crippen LogP contribution in [0.4, 0.5) is 16.3 Å². The van der Waals surface area contributed by atoms with E-state index >= 15 is 0 Å². The van der Waals surface area contributed by atoms with Gasteiger partial charge in [0.25, 0.3) is 5.91 Å². The highest BCUT2D eigenvalue weighted by Gasteiger charge is 2.26. The molecule has 1 aromatic heterocycles. The molecular formula is C21H28N6O3. The molecule has 0 bridgehead atoms. The second-order valence-electron chi connectivity index (χ2n) is 7.60. The minimum absolute atomic E-state index is 0.248. The zero-order valence-corrected chi connectivity index (χ0v) is 17.5. The third-order valence-corrected chi connectivity index (χ3v) is 5.60. The van der Waals surface area contributed by atoms with Crippen molar-refractivity contribution in [1.29, 1.82) is 0 Å². The van der Waals surface area contributed by atoms with Crippen LogP contribution in [0.2, 0.25) is 0 Å². The van der Waals surface area contributed by atoms with Gasteiger partial charge >= 0.3 is 6.09 Å². The predicted octanol–water partition coefficient (Wildman–Crippen LogP) is 1.54. The lowest BCUT2D eigenvalue weighted by Gasteiger charge is -2.34. The summed E-state index contributed by atoms with van der Waals surface area (Å²) in [5.74, 6) is 0.153. The number of aromatic nitrogens is 2. The van der Waals surface area contributed by atoms with Crippen LogP contribution in [-0.4, -0.2) is 73.1 Å². The topological polar surface area (TPSA) is 91.7 Å². The summed E-state index contributed by atoms with van der Waals surface area (Å²) in [6.45, 7) is 7.34. The van der Waals surface area contributed by atoms with Crippen LogP contribution in [0, 0.1) is 0 Å². The molecule has 2 aliphatic heterocycles. The van der Waals surface area contributed by atoms with Crippen molar-refractivity contribution in [3.63, 3.8) is 0 Å². The smallest absolute Gasteiger partial charge is 0.434 e. The Bertz CT molecular complexity index is 916. The number of amides is 1. The van der Waals surface area contributed by atoms with Gasteiger partial charge in [0, 0.05) is 62.5 Å². The van der Waals surface area contributed by atoms with Crippen LogP contribution in [-0.2, 0) is 17.7 Å². The number of benzene rings is 1. The van der Waals surface area contributed by atoms with Gasteiger partial charge in [0.1, 0.15) is 0 Å². The second kappa shape index (κ2) is 8.85. The van der Waals surface area contributed by atoms with E-state index in [-0.39, 0.29) is 12.5 Å². The first-order valence-corrected chi connectivity index (χ1v) is 10.4. The minimum Gasteiger partial charge on any atom is -0.448 e. The summed E-state index contributed by atoms with van der Waals surface area (Å²) >= 11 is 0. The van der Waals surface area contributed by atoms with Gasteiger partial charge in [-0.15, -0.1) is 5.10 Å². The molecule has 2 N–H and O–H groups in total. The van der Waals surface area contributed by atoms with Gasteiger partial charge < -0.3 is 25.2 Å². The molecule has 9 nitrogen and oxygen atoms in total. The Balaban J connectivity index is 1.49. The molecule has 0 aliphatic carbocycles. The van der Waals surface area contributed by atoms with Gasteiger partial charge in [0.2, 0.25) is 0 Å². The van der Waals surface area contributed by atoms with Crippen molar-refractivity contribution in [2.75, 3.05) is 56.6 Å². The number of anilines is 2. The zero-order chi connectivity index (χ0) is 21.1. The summed E-state index contributed by atoms with van der Waals surface area (Å²) in [5, 5.41) is 10.5. The fraction of sp³-hybridized carbons (Fsp3) is 0.476. The Labute approximate surface area is 176 Å². The van der Waals surface area contributed by atoms with E-state index in [9.17, 15) is 9.59 Å². The van der Waals surface area contributed by atoms with Crippen molar-refractivity contribution >= 4 is 23.5 Å². The molecule has 2 aliphatic rings. The Morgan fingerprint density at radius 2 is 1.90 bits per heavy atom. The van der Waals surface area contributed by atoms with Gasteiger partial charge in [-0.25, -0.2) is 4.79 Å². The van der Waals surface area contributed by atoms with E-state index in [1.54, 1.807) is 6.92 Å². The molecule has 9 heteroatoms.